The van der Waals surface area contributed by atoms with Crippen LogP contribution in [0.25, 0.3) is 0 Å². The van der Waals surface area contributed by atoms with Crippen LogP contribution >= 0.6 is 0 Å². The Balaban J connectivity index is 1.83. The number of carbonyl (C=O) groups is 1. The Hall–Kier alpha value is -0.745. The maximum absolute atomic E-state index is 11.8. The molecular formula is C18H34BNO4. The van der Waals surface area contributed by atoms with Gasteiger partial charge in [-0.15, -0.1) is 0 Å². The van der Waals surface area contributed by atoms with E-state index in [4.69, 9.17) is 14.0 Å². The lowest BCUT2D eigenvalue weighted by Gasteiger charge is -2.32. The lowest BCUT2D eigenvalue weighted by molar-refractivity contribution is 0.00578. The molecule has 2 rings (SSSR count). The first-order chi connectivity index (χ1) is 10.9. The number of hydrogen-bond donors (Lipinski definition) is 1. The highest BCUT2D eigenvalue weighted by Crippen LogP contribution is 2.45. The van der Waals surface area contributed by atoms with E-state index in [2.05, 4.69) is 33.0 Å². The first-order valence-electron chi connectivity index (χ1n) is 9.22. The Morgan fingerprint density at radius 2 is 1.75 bits per heavy atom. The second-order valence-electron chi connectivity index (χ2n) is 9.30. The van der Waals surface area contributed by atoms with Gasteiger partial charge in [-0.05, 0) is 73.0 Å². The molecule has 5 nitrogen and oxygen atoms in total. The number of alkyl carbamates (subject to hydrolysis) is 1. The third kappa shape index (κ3) is 4.88. The van der Waals surface area contributed by atoms with Gasteiger partial charge in [-0.1, -0.05) is 12.8 Å². The summed E-state index contributed by atoms with van der Waals surface area (Å²) in [5, 5.41) is 2.91. The first kappa shape index (κ1) is 19.6. The molecule has 1 aliphatic carbocycles. The van der Waals surface area contributed by atoms with Gasteiger partial charge < -0.3 is 19.4 Å². The van der Waals surface area contributed by atoms with E-state index in [9.17, 15) is 4.79 Å². The van der Waals surface area contributed by atoms with Crippen molar-refractivity contribution in [3.05, 3.63) is 0 Å². The van der Waals surface area contributed by atoms with Crippen molar-refractivity contribution < 1.29 is 18.8 Å². The Kier molecular flexibility index (Phi) is 5.60. The molecule has 1 saturated heterocycles. The van der Waals surface area contributed by atoms with E-state index in [0.29, 0.717) is 18.3 Å². The van der Waals surface area contributed by atoms with E-state index >= 15 is 0 Å². The summed E-state index contributed by atoms with van der Waals surface area (Å²) < 4.78 is 17.7. The predicted octanol–water partition coefficient (Wildman–Crippen LogP) is 4.16. The minimum Gasteiger partial charge on any atom is -0.444 e. The number of amides is 1. The van der Waals surface area contributed by atoms with Crippen LogP contribution in [0.5, 0.6) is 0 Å². The molecule has 138 valence electrons. The highest BCUT2D eigenvalue weighted by molar-refractivity contribution is 6.47. The molecule has 2 atom stereocenters. The molecule has 0 radical (unpaired) electrons. The number of carbonyl (C=O) groups excluding carboxylic acids is 1. The van der Waals surface area contributed by atoms with E-state index in [1.807, 2.05) is 20.8 Å². The summed E-state index contributed by atoms with van der Waals surface area (Å²) in [6.07, 6.45) is 4.09. The molecule has 1 saturated carbocycles. The highest BCUT2D eigenvalue weighted by atomic mass is 16.7. The molecule has 24 heavy (non-hydrogen) atoms. The largest absolute Gasteiger partial charge is 0.461 e. The van der Waals surface area contributed by atoms with Crippen molar-refractivity contribution in [2.75, 3.05) is 6.54 Å². The van der Waals surface area contributed by atoms with E-state index < -0.39 is 5.60 Å². The van der Waals surface area contributed by atoms with E-state index in [-0.39, 0.29) is 24.4 Å². The quantitative estimate of drug-likeness (QED) is 0.784. The van der Waals surface area contributed by atoms with Crippen LogP contribution in [0.3, 0.4) is 0 Å². The molecule has 0 spiro atoms. The van der Waals surface area contributed by atoms with Crippen molar-refractivity contribution in [1.82, 2.24) is 5.32 Å². The molecule has 6 heteroatoms. The summed E-state index contributed by atoms with van der Waals surface area (Å²) in [6, 6.07) is 0. The monoisotopic (exact) mass is 339 g/mol. The Bertz CT molecular complexity index is 442. The third-order valence-corrected chi connectivity index (χ3v) is 5.41. The van der Waals surface area contributed by atoms with Gasteiger partial charge in [-0.2, -0.15) is 0 Å². The van der Waals surface area contributed by atoms with Crippen LogP contribution in [-0.4, -0.2) is 36.6 Å². The summed E-state index contributed by atoms with van der Waals surface area (Å²) in [4.78, 5) is 11.8. The van der Waals surface area contributed by atoms with Crippen molar-refractivity contribution in [1.29, 1.82) is 0 Å². The van der Waals surface area contributed by atoms with Crippen molar-refractivity contribution in [3.63, 3.8) is 0 Å². The lowest BCUT2D eigenvalue weighted by Crippen LogP contribution is -2.41. The van der Waals surface area contributed by atoms with Crippen molar-refractivity contribution in [3.8, 4) is 0 Å². The summed E-state index contributed by atoms with van der Waals surface area (Å²) in [5.74, 6) is 0.848. The number of ether oxygens (including phenoxy) is 1. The van der Waals surface area contributed by atoms with Gasteiger partial charge in [0.15, 0.2) is 0 Å². The Morgan fingerprint density at radius 3 is 2.29 bits per heavy atom. The van der Waals surface area contributed by atoms with E-state index in [1.54, 1.807) is 0 Å². The van der Waals surface area contributed by atoms with Gasteiger partial charge in [0.1, 0.15) is 5.60 Å². The SMILES string of the molecule is CC(C)(C)OC(=O)NCC1CCCC(B2OC(C)(C)C(C)(C)O2)C1. The van der Waals surface area contributed by atoms with Crippen LogP contribution in [0.4, 0.5) is 4.79 Å². The van der Waals surface area contributed by atoms with Crippen LogP contribution in [-0.2, 0) is 14.0 Å². The lowest BCUT2D eigenvalue weighted by atomic mass is 9.62. The maximum atomic E-state index is 11.8. The second kappa shape index (κ2) is 6.87. The number of nitrogens with one attached hydrogen (secondary N) is 1. The zero-order valence-electron chi connectivity index (χ0n) is 16.4. The first-order valence-corrected chi connectivity index (χ1v) is 9.22. The van der Waals surface area contributed by atoms with Crippen LogP contribution in [0.15, 0.2) is 0 Å². The molecule has 2 fully saturated rings. The molecule has 0 bridgehead atoms. The fourth-order valence-electron chi connectivity index (χ4n) is 3.39. The third-order valence-electron chi connectivity index (χ3n) is 5.41. The fourth-order valence-corrected chi connectivity index (χ4v) is 3.39. The summed E-state index contributed by atoms with van der Waals surface area (Å²) in [7, 11) is -0.140. The van der Waals surface area contributed by atoms with Gasteiger partial charge in [0.25, 0.3) is 0 Å². The zero-order chi connectivity index (χ0) is 18.2. The molecule has 0 aromatic carbocycles. The normalized spacial score (nSPS) is 29.4. The van der Waals surface area contributed by atoms with E-state index in [0.717, 1.165) is 25.7 Å². The summed E-state index contributed by atoms with van der Waals surface area (Å²) >= 11 is 0. The minimum absolute atomic E-state index is 0.140. The summed E-state index contributed by atoms with van der Waals surface area (Å²) in [6.45, 7) is 14.7. The summed E-state index contributed by atoms with van der Waals surface area (Å²) in [5.41, 5.74) is -1.01. The van der Waals surface area contributed by atoms with Gasteiger partial charge in [0.2, 0.25) is 0 Å². The van der Waals surface area contributed by atoms with Crippen LogP contribution in [0.2, 0.25) is 5.82 Å². The topological polar surface area (TPSA) is 56.8 Å². The van der Waals surface area contributed by atoms with Crippen molar-refractivity contribution >= 4 is 13.2 Å². The van der Waals surface area contributed by atoms with Crippen LogP contribution in [0, 0.1) is 5.92 Å². The standard InChI is InChI=1S/C18H34BNO4/c1-16(2,3)22-15(21)20-12-13-9-8-10-14(11-13)19-23-17(4,5)18(6,7)24-19/h13-14H,8-12H2,1-7H3,(H,20,21). The highest BCUT2D eigenvalue weighted by Gasteiger charge is 2.54. The van der Waals surface area contributed by atoms with Gasteiger partial charge in [-0.3, -0.25) is 0 Å². The van der Waals surface area contributed by atoms with Gasteiger partial charge >= 0.3 is 13.2 Å². The smallest absolute Gasteiger partial charge is 0.444 e. The van der Waals surface area contributed by atoms with Gasteiger partial charge in [-0.25, -0.2) is 4.79 Å². The molecule has 1 amide bonds. The van der Waals surface area contributed by atoms with Crippen LogP contribution in [0.1, 0.15) is 74.1 Å². The number of rotatable bonds is 3. The van der Waals surface area contributed by atoms with Gasteiger partial charge in [0, 0.05) is 6.54 Å². The second-order valence-corrected chi connectivity index (χ2v) is 9.30. The van der Waals surface area contributed by atoms with Crippen molar-refractivity contribution in [2.24, 2.45) is 5.92 Å². The minimum atomic E-state index is -0.456. The fraction of sp³-hybridized carbons (Fsp3) is 0.944. The average molecular weight is 339 g/mol. The average Bonchev–Trinajstić information content (AvgIpc) is 2.64. The zero-order valence-corrected chi connectivity index (χ0v) is 16.4. The molecule has 0 aromatic heterocycles. The van der Waals surface area contributed by atoms with Gasteiger partial charge in [0.05, 0.1) is 11.2 Å². The molecule has 2 aliphatic rings. The molecular weight excluding hydrogens is 305 g/mol. The van der Waals surface area contributed by atoms with Crippen molar-refractivity contribution in [2.45, 2.75) is 96.8 Å². The number of hydrogen-bond acceptors (Lipinski definition) is 4. The Morgan fingerprint density at radius 1 is 1.17 bits per heavy atom. The maximum Gasteiger partial charge on any atom is 0.461 e. The molecule has 1 heterocycles. The molecule has 1 N–H and O–H groups in total. The molecule has 1 aliphatic heterocycles. The molecule has 2 unspecified atom stereocenters. The van der Waals surface area contributed by atoms with Crippen LogP contribution < -0.4 is 5.32 Å². The Labute approximate surface area is 147 Å². The van der Waals surface area contributed by atoms with E-state index in [1.165, 1.54) is 0 Å². The predicted molar refractivity (Wildman–Crippen MR) is 96.0 cm³/mol. The molecule has 0 aromatic rings.